The van der Waals surface area contributed by atoms with Crippen LogP contribution in [0.3, 0.4) is 0 Å². The minimum absolute atomic E-state index is 0. The predicted molar refractivity (Wildman–Crippen MR) is 72.6 cm³/mol. The largest absolute Gasteiger partial charge is 1.00 e. The third kappa shape index (κ3) is 3.63. The zero-order valence-electron chi connectivity index (χ0n) is 9.25. The van der Waals surface area contributed by atoms with Crippen LogP contribution in [0.15, 0.2) is 18.2 Å². The first kappa shape index (κ1) is 15.8. The number of carbonyl (C=O) groups is 1. The van der Waals surface area contributed by atoms with Gasteiger partial charge in [-0.15, -0.1) is 0 Å². The van der Waals surface area contributed by atoms with Crippen molar-refractivity contribution in [2.75, 3.05) is 18.8 Å². The Balaban J connectivity index is 0.00000162. The summed E-state index contributed by atoms with van der Waals surface area (Å²) in [5.41, 5.74) is 0.532. The molecule has 0 radical (unpaired) electrons. The molecular weight excluding hydrogens is 359 g/mol. The third-order valence-electron chi connectivity index (χ3n) is 2.46. The zero-order chi connectivity index (χ0) is 12.4. The molecule has 1 aliphatic heterocycles. The highest BCUT2D eigenvalue weighted by Crippen LogP contribution is 2.23. The van der Waals surface area contributed by atoms with Crippen LogP contribution < -0.4 is 17.0 Å². The van der Waals surface area contributed by atoms with Crippen molar-refractivity contribution >= 4 is 45.9 Å². The molecule has 98 valence electrons. The van der Waals surface area contributed by atoms with Gasteiger partial charge in [-0.3, -0.25) is 10.2 Å². The molecule has 7 heteroatoms. The Labute approximate surface area is 130 Å². The maximum Gasteiger partial charge on any atom is 0.182 e. The minimum Gasteiger partial charge on any atom is -1.00 e. The van der Waals surface area contributed by atoms with Gasteiger partial charge in [0.25, 0.3) is 0 Å². The van der Waals surface area contributed by atoms with Crippen LogP contribution in [0.4, 0.5) is 0 Å². The maximum absolute atomic E-state index is 12.0. The summed E-state index contributed by atoms with van der Waals surface area (Å²) in [4.78, 5) is 13.7. The molecular formula is C11H10BrCl2N2OS-. The third-order valence-corrected chi connectivity index (χ3v) is 4.12. The van der Waals surface area contributed by atoms with Gasteiger partial charge in [-0.2, -0.15) is 0 Å². The Hall–Kier alpha value is -0.230. The summed E-state index contributed by atoms with van der Waals surface area (Å²) < 4.78 is 0. The number of nitrogens with zero attached hydrogens (tertiary/aromatic N) is 1. The van der Waals surface area contributed by atoms with Crippen molar-refractivity contribution in [2.45, 2.75) is 0 Å². The number of rotatable bonds is 3. The summed E-state index contributed by atoms with van der Waals surface area (Å²) in [5.74, 6) is 0.823. The number of hydrogen-bond acceptors (Lipinski definition) is 3. The molecule has 0 amide bonds. The summed E-state index contributed by atoms with van der Waals surface area (Å²) in [6, 6.07) is 4.84. The number of amidine groups is 1. The average molecular weight is 369 g/mol. The highest BCUT2D eigenvalue weighted by atomic mass is 79.9. The summed E-state index contributed by atoms with van der Waals surface area (Å²) in [6.45, 7) is 0.973. The number of nitrogens with one attached hydrogen (secondary N) is 1. The van der Waals surface area contributed by atoms with E-state index in [1.54, 1.807) is 23.1 Å². The lowest BCUT2D eigenvalue weighted by atomic mass is 10.1. The van der Waals surface area contributed by atoms with Crippen molar-refractivity contribution in [3.8, 4) is 0 Å². The Morgan fingerprint density at radius 2 is 2.11 bits per heavy atom. The average Bonchev–Trinajstić information content (AvgIpc) is 2.68. The number of ketones is 1. The van der Waals surface area contributed by atoms with E-state index < -0.39 is 0 Å². The molecule has 0 aliphatic carbocycles. The fourth-order valence-corrected chi connectivity index (χ4v) is 2.67. The van der Waals surface area contributed by atoms with E-state index in [9.17, 15) is 4.79 Å². The van der Waals surface area contributed by atoms with Crippen molar-refractivity contribution in [2.24, 2.45) is 0 Å². The van der Waals surface area contributed by atoms with Gasteiger partial charge in [0.2, 0.25) is 0 Å². The molecule has 0 unspecified atom stereocenters. The van der Waals surface area contributed by atoms with Gasteiger partial charge < -0.3 is 21.9 Å². The molecule has 0 saturated carbocycles. The topological polar surface area (TPSA) is 44.2 Å². The van der Waals surface area contributed by atoms with E-state index in [0.29, 0.717) is 20.8 Å². The van der Waals surface area contributed by atoms with E-state index in [1.807, 2.05) is 0 Å². The van der Waals surface area contributed by atoms with E-state index in [1.165, 1.54) is 11.8 Å². The smallest absolute Gasteiger partial charge is 0.182 e. The van der Waals surface area contributed by atoms with Crippen molar-refractivity contribution in [3.63, 3.8) is 0 Å². The van der Waals surface area contributed by atoms with Crippen molar-refractivity contribution in [3.05, 3.63) is 33.8 Å². The number of carbonyl (C=O) groups excluding carboxylic acids is 1. The number of thioether (sulfide) groups is 1. The Morgan fingerprint density at radius 1 is 1.39 bits per heavy atom. The van der Waals surface area contributed by atoms with E-state index in [0.717, 1.165) is 12.3 Å². The van der Waals surface area contributed by atoms with Crippen molar-refractivity contribution < 1.29 is 21.8 Å². The number of halogens is 3. The Bertz CT molecular complexity index is 484. The van der Waals surface area contributed by atoms with Gasteiger partial charge >= 0.3 is 0 Å². The van der Waals surface area contributed by atoms with Gasteiger partial charge in [-0.25, -0.2) is 0 Å². The summed E-state index contributed by atoms with van der Waals surface area (Å²) in [7, 11) is 0. The van der Waals surface area contributed by atoms with Crippen LogP contribution in [-0.2, 0) is 0 Å². The monoisotopic (exact) mass is 367 g/mol. The van der Waals surface area contributed by atoms with Crippen LogP contribution in [0.2, 0.25) is 10.0 Å². The van der Waals surface area contributed by atoms with Gasteiger partial charge in [0.1, 0.15) is 0 Å². The molecule has 0 bridgehead atoms. The summed E-state index contributed by atoms with van der Waals surface area (Å²) in [6.07, 6.45) is 0. The quantitative estimate of drug-likeness (QED) is 0.773. The Kier molecular flexibility index (Phi) is 5.98. The van der Waals surface area contributed by atoms with Crippen LogP contribution in [0.25, 0.3) is 0 Å². The van der Waals surface area contributed by atoms with Crippen molar-refractivity contribution in [1.29, 1.82) is 5.41 Å². The van der Waals surface area contributed by atoms with Crippen LogP contribution in [0.1, 0.15) is 10.4 Å². The first-order valence-electron chi connectivity index (χ1n) is 5.02. The molecule has 1 fully saturated rings. The van der Waals surface area contributed by atoms with Crippen LogP contribution in [0.5, 0.6) is 0 Å². The molecule has 0 aromatic heterocycles. The van der Waals surface area contributed by atoms with Crippen LogP contribution in [-0.4, -0.2) is 34.7 Å². The molecule has 1 aromatic rings. The number of hydrogen-bond donors (Lipinski definition) is 1. The second kappa shape index (κ2) is 6.80. The van der Waals surface area contributed by atoms with Crippen LogP contribution in [0, 0.1) is 5.41 Å². The van der Waals surface area contributed by atoms with Crippen molar-refractivity contribution in [1.82, 2.24) is 4.90 Å². The maximum atomic E-state index is 12.0. The van der Waals surface area contributed by atoms with E-state index in [4.69, 9.17) is 28.6 Å². The highest BCUT2D eigenvalue weighted by Gasteiger charge is 2.21. The standard InChI is InChI=1S/C11H10Cl2N2OS.BrH/c12-8-2-1-7(5-9(8)13)10(16)6-15-3-4-17-11(15)14;/h1-2,5,14H,3-4,6H2;1H/p-1. The molecule has 1 aliphatic rings. The fourth-order valence-electron chi connectivity index (χ4n) is 1.53. The molecule has 1 heterocycles. The van der Waals surface area contributed by atoms with Gasteiger partial charge in [0, 0.05) is 17.9 Å². The first-order chi connectivity index (χ1) is 8.08. The van der Waals surface area contributed by atoms with Gasteiger partial charge in [-0.1, -0.05) is 35.0 Å². The molecule has 18 heavy (non-hydrogen) atoms. The van der Waals surface area contributed by atoms with E-state index in [2.05, 4.69) is 0 Å². The lowest BCUT2D eigenvalue weighted by Gasteiger charge is -2.15. The molecule has 1 aromatic carbocycles. The second-order valence-electron chi connectivity index (χ2n) is 3.63. The predicted octanol–water partition coefficient (Wildman–Crippen LogP) is 0.164. The van der Waals surface area contributed by atoms with Gasteiger partial charge in [0.15, 0.2) is 11.0 Å². The molecule has 1 saturated heterocycles. The summed E-state index contributed by atoms with van der Waals surface area (Å²) in [5, 5.41) is 8.90. The van der Waals surface area contributed by atoms with Crippen LogP contribution >= 0.6 is 35.0 Å². The van der Waals surface area contributed by atoms with E-state index in [-0.39, 0.29) is 29.3 Å². The molecule has 2 rings (SSSR count). The lowest BCUT2D eigenvalue weighted by Crippen LogP contribution is -3.00. The normalized spacial score (nSPS) is 14.6. The molecule has 3 nitrogen and oxygen atoms in total. The molecule has 0 atom stereocenters. The van der Waals surface area contributed by atoms with E-state index >= 15 is 0 Å². The fraction of sp³-hybridized carbons (Fsp3) is 0.273. The first-order valence-corrected chi connectivity index (χ1v) is 6.76. The lowest BCUT2D eigenvalue weighted by molar-refractivity contribution is -0.0000112. The van der Waals surface area contributed by atoms with Gasteiger partial charge in [0.05, 0.1) is 16.6 Å². The molecule has 0 spiro atoms. The SMILES string of the molecule is N=C1SCCN1CC(=O)c1ccc(Cl)c(Cl)c1.[Br-]. The van der Waals surface area contributed by atoms with Gasteiger partial charge in [-0.05, 0) is 18.2 Å². The highest BCUT2D eigenvalue weighted by molar-refractivity contribution is 8.14. The summed E-state index contributed by atoms with van der Waals surface area (Å²) >= 11 is 13.1. The number of Topliss-reactive ketones (excluding diaryl/α,β-unsaturated/α-hetero) is 1. The second-order valence-corrected chi connectivity index (χ2v) is 5.53. The Morgan fingerprint density at radius 3 is 2.67 bits per heavy atom. The minimum atomic E-state index is -0.0455. The number of benzene rings is 1. The molecule has 1 N–H and O–H groups in total. The zero-order valence-corrected chi connectivity index (χ0v) is 13.2.